The minimum Gasteiger partial charge on any atom is -0.380 e. The van der Waals surface area contributed by atoms with Crippen LogP contribution in [0.2, 0.25) is 5.02 Å². The van der Waals surface area contributed by atoms with Crippen LogP contribution in [0.4, 0.5) is 10.1 Å². The maximum Gasteiger partial charge on any atom is 0.128 e. The second kappa shape index (κ2) is 6.04. The molecule has 94 valence electrons. The molecule has 0 saturated heterocycles. The lowest BCUT2D eigenvalue weighted by atomic mass is 10.2. The third-order valence-corrected chi connectivity index (χ3v) is 4.32. The normalized spacial score (nSPS) is 10.4. The summed E-state index contributed by atoms with van der Waals surface area (Å²) in [6, 6.07) is 10.4. The Labute approximate surface area is 127 Å². The highest BCUT2D eigenvalue weighted by atomic mass is 79.9. The molecule has 18 heavy (non-hydrogen) atoms. The van der Waals surface area contributed by atoms with E-state index in [1.54, 1.807) is 18.2 Å². The zero-order valence-corrected chi connectivity index (χ0v) is 13.1. The fraction of sp³-hybridized carbons (Fsp3) is 0.0769. The van der Waals surface area contributed by atoms with Crippen molar-refractivity contribution in [1.29, 1.82) is 0 Å². The fourth-order valence-electron chi connectivity index (χ4n) is 1.51. The average Bonchev–Trinajstić information content (AvgIpc) is 2.35. The van der Waals surface area contributed by atoms with E-state index in [0.29, 0.717) is 17.1 Å². The van der Waals surface area contributed by atoms with Crippen LogP contribution < -0.4 is 5.32 Å². The number of halogens is 4. The highest BCUT2D eigenvalue weighted by Gasteiger charge is 2.06. The van der Waals surface area contributed by atoms with Crippen LogP contribution in [-0.2, 0) is 6.54 Å². The molecule has 0 amide bonds. The van der Waals surface area contributed by atoms with Gasteiger partial charge in [0.1, 0.15) is 5.82 Å². The van der Waals surface area contributed by atoms with Crippen LogP contribution in [0.1, 0.15) is 5.56 Å². The lowest BCUT2D eigenvalue weighted by Gasteiger charge is -2.10. The smallest absolute Gasteiger partial charge is 0.128 e. The van der Waals surface area contributed by atoms with E-state index >= 15 is 0 Å². The molecule has 0 bridgehead atoms. The molecule has 2 rings (SSSR count). The molecule has 0 unspecified atom stereocenters. The number of hydrogen-bond donors (Lipinski definition) is 1. The molecule has 0 saturated carbocycles. The van der Waals surface area contributed by atoms with E-state index in [9.17, 15) is 4.39 Å². The molecule has 0 aliphatic carbocycles. The topological polar surface area (TPSA) is 12.0 Å². The zero-order valence-electron chi connectivity index (χ0n) is 9.18. The van der Waals surface area contributed by atoms with Crippen molar-refractivity contribution in [3.63, 3.8) is 0 Å². The lowest BCUT2D eigenvalue weighted by Crippen LogP contribution is -2.02. The lowest BCUT2D eigenvalue weighted by molar-refractivity contribution is 0.612. The van der Waals surface area contributed by atoms with Gasteiger partial charge in [-0.15, -0.1) is 0 Å². The van der Waals surface area contributed by atoms with Crippen molar-refractivity contribution in [2.75, 3.05) is 5.32 Å². The van der Waals surface area contributed by atoms with Crippen molar-refractivity contribution in [1.82, 2.24) is 0 Å². The monoisotopic (exact) mass is 391 g/mol. The van der Waals surface area contributed by atoms with Crippen molar-refractivity contribution in [3.8, 4) is 0 Å². The van der Waals surface area contributed by atoms with Crippen molar-refractivity contribution in [3.05, 3.63) is 61.7 Å². The summed E-state index contributed by atoms with van der Waals surface area (Å²) in [5, 5.41) is 3.77. The standard InChI is InChI=1S/C13H9Br2ClFN/c14-9-4-5-11(17)8(6-9)7-18-12-3-1-2-10(16)13(12)15/h1-6,18H,7H2. The highest BCUT2D eigenvalue weighted by molar-refractivity contribution is 9.11. The Balaban J connectivity index is 2.16. The molecular formula is C13H9Br2ClFN. The summed E-state index contributed by atoms with van der Waals surface area (Å²) in [7, 11) is 0. The van der Waals surface area contributed by atoms with Gasteiger partial charge in [-0.3, -0.25) is 0 Å². The summed E-state index contributed by atoms with van der Waals surface area (Å²) in [5.74, 6) is -0.233. The van der Waals surface area contributed by atoms with Gasteiger partial charge in [0.05, 0.1) is 15.2 Å². The minimum absolute atomic E-state index is 0.233. The van der Waals surface area contributed by atoms with Crippen molar-refractivity contribution < 1.29 is 4.39 Å². The van der Waals surface area contributed by atoms with Gasteiger partial charge in [-0.05, 0) is 46.3 Å². The summed E-state index contributed by atoms with van der Waals surface area (Å²) in [4.78, 5) is 0. The molecule has 0 atom stereocenters. The highest BCUT2D eigenvalue weighted by Crippen LogP contribution is 2.30. The second-order valence-electron chi connectivity index (χ2n) is 3.69. The maximum atomic E-state index is 13.6. The van der Waals surface area contributed by atoms with Crippen molar-refractivity contribution in [2.24, 2.45) is 0 Å². The summed E-state index contributed by atoms with van der Waals surface area (Å²) in [6.45, 7) is 0.393. The van der Waals surface area contributed by atoms with Gasteiger partial charge in [0.2, 0.25) is 0 Å². The van der Waals surface area contributed by atoms with E-state index < -0.39 is 0 Å². The second-order valence-corrected chi connectivity index (χ2v) is 5.81. The first-order chi connectivity index (χ1) is 8.58. The Kier molecular flexibility index (Phi) is 4.65. The molecule has 5 heteroatoms. The largest absolute Gasteiger partial charge is 0.380 e. The van der Waals surface area contributed by atoms with Gasteiger partial charge in [0, 0.05) is 16.6 Å². The first-order valence-corrected chi connectivity index (χ1v) is 7.16. The number of benzene rings is 2. The summed E-state index contributed by atoms with van der Waals surface area (Å²) < 4.78 is 15.2. The predicted octanol–water partition coefficient (Wildman–Crippen LogP) is 5.62. The Morgan fingerprint density at radius 1 is 1.17 bits per heavy atom. The number of anilines is 1. The fourth-order valence-corrected chi connectivity index (χ4v) is 2.50. The zero-order chi connectivity index (χ0) is 13.1. The van der Waals surface area contributed by atoms with Gasteiger partial charge >= 0.3 is 0 Å². The number of hydrogen-bond acceptors (Lipinski definition) is 1. The first-order valence-electron chi connectivity index (χ1n) is 5.20. The molecule has 0 spiro atoms. The molecule has 0 fully saturated rings. The van der Waals surface area contributed by atoms with E-state index in [-0.39, 0.29) is 5.82 Å². The average molecular weight is 393 g/mol. The van der Waals surface area contributed by atoms with Crippen LogP contribution in [0.15, 0.2) is 45.3 Å². The Bertz CT molecular complexity index is 573. The summed E-state index contributed by atoms with van der Waals surface area (Å²) >= 11 is 12.7. The van der Waals surface area contributed by atoms with Gasteiger partial charge in [0.15, 0.2) is 0 Å². The van der Waals surface area contributed by atoms with Crippen LogP contribution in [-0.4, -0.2) is 0 Å². The van der Waals surface area contributed by atoms with Crippen LogP contribution in [0.5, 0.6) is 0 Å². The van der Waals surface area contributed by atoms with E-state index in [2.05, 4.69) is 37.2 Å². The van der Waals surface area contributed by atoms with Crippen molar-refractivity contribution >= 4 is 49.1 Å². The molecule has 0 radical (unpaired) electrons. The van der Waals surface area contributed by atoms with Gasteiger partial charge in [-0.25, -0.2) is 4.39 Å². The third-order valence-electron chi connectivity index (χ3n) is 2.43. The minimum atomic E-state index is -0.233. The van der Waals surface area contributed by atoms with E-state index in [1.165, 1.54) is 6.07 Å². The molecule has 0 heterocycles. The van der Waals surface area contributed by atoms with E-state index in [4.69, 9.17) is 11.6 Å². The predicted molar refractivity (Wildman–Crippen MR) is 80.6 cm³/mol. The molecule has 0 aliphatic heterocycles. The molecule has 1 nitrogen and oxygen atoms in total. The van der Waals surface area contributed by atoms with Crippen LogP contribution >= 0.6 is 43.5 Å². The summed E-state index contributed by atoms with van der Waals surface area (Å²) in [5.41, 5.74) is 1.43. The van der Waals surface area contributed by atoms with Crippen LogP contribution in [0, 0.1) is 5.82 Å². The Morgan fingerprint density at radius 3 is 2.72 bits per heavy atom. The third kappa shape index (κ3) is 3.25. The van der Waals surface area contributed by atoms with Crippen LogP contribution in [0.25, 0.3) is 0 Å². The van der Waals surface area contributed by atoms with E-state index in [1.807, 2.05) is 12.1 Å². The van der Waals surface area contributed by atoms with Crippen LogP contribution in [0.3, 0.4) is 0 Å². The van der Waals surface area contributed by atoms with E-state index in [0.717, 1.165) is 14.6 Å². The van der Waals surface area contributed by atoms with Gasteiger partial charge in [-0.2, -0.15) is 0 Å². The molecule has 0 aliphatic rings. The Hall–Kier alpha value is -0.580. The number of nitrogens with one attached hydrogen (secondary N) is 1. The SMILES string of the molecule is Fc1ccc(Br)cc1CNc1cccc(Cl)c1Br. The molecule has 0 aromatic heterocycles. The Morgan fingerprint density at radius 2 is 1.94 bits per heavy atom. The molecule has 2 aromatic carbocycles. The maximum absolute atomic E-state index is 13.6. The van der Waals surface area contributed by atoms with Gasteiger partial charge in [0.25, 0.3) is 0 Å². The quantitative estimate of drug-likeness (QED) is 0.714. The molecular weight excluding hydrogens is 384 g/mol. The van der Waals surface area contributed by atoms with Gasteiger partial charge < -0.3 is 5.32 Å². The van der Waals surface area contributed by atoms with Gasteiger partial charge in [-0.1, -0.05) is 33.6 Å². The first kappa shape index (κ1) is 13.8. The van der Waals surface area contributed by atoms with Crippen molar-refractivity contribution in [2.45, 2.75) is 6.54 Å². The molecule has 1 N–H and O–H groups in total. The molecule has 2 aromatic rings. The summed E-state index contributed by atoms with van der Waals surface area (Å²) in [6.07, 6.45) is 0. The number of rotatable bonds is 3.